The highest BCUT2D eigenvalue weighted by molar-refractivity contribution is 9.10. The van der Waals surface area contributed by atoms with E-state index in [9.17, 15) is 9.59 Å². The van der Waals surface area contributed by atoms with Crippen LogP contribution in [0.2, 0.25) is 0 Å². The quantitative estimate of drug-likeness (QED) is 0.766. The van der Waals surface area contributed by atoms with Gasteiger partial charge in [0.25, 0.3) is 11.8 Å². The molecule has 0 aliphatic rings. The molecule has 2 aromatic rings. The predicted octanol–water partition coefficient (Wildman–Crippen LogP) is 3.91. The molecule has 2 rings (SSSR count). The second kappa shape index (κ2) is 8.67. The van der Waals surface area contributed by atoms with Gasteiger partial charge < -0.3 is 15.4 Å². The van der Waals surface area contributed by atoms with Gasteiger partial charge in [0, 0.05) is 6.04 Å². The second-order valence-electron chi connectivity index (χ2n) is 5.94. The molecule has 0 spiro atoms. The molecule has 0 aliphatic carbocycles. The van der Waals surface area contributed by atoms with E-state index >= 15 is 0 Å². The summed E-state index contributed by atoms with van der Waals surface area (Å²) in [6.07, 6.45) is 0. The van der Waals surface area contributed by atoms with E-state index in [0.29, 0.717) is 17.0 Å². The monoisotopic (exact) mass is 404 g/mol. The van der Waals surface area contributed by atoms with Crippen molar-refractivity contribution in [2.24, 2.45) is 0 Å². The minimum Gasteiger partial charge on any atom is -0.483 e. The van der Waals surface area contributed by atoms with Gasteiger partial charge in [-0.3, -0.25) is 9.59 Å². The lowest BCUT2D eigenvalue weighted by Crippen LogP contribution is -2.31. The summed E-state index contributed by atoms with van der Waals surface area (Å²) >= 11 is 3.41. The van der Waals surface area contributed by atoms with Gasteiger partial charge in [-0.25, -0.2) is 0 Å². The van der Waals surface area contributed by atoms with Crippen LogP contribution in [0, 0.1) is 6.92 Å². The Balaban J connectivity index is 2.02. The first-order valence-electron chi connectivity index (χ1n) is 7.95. The Labute approximate surface area is 155 Å². The highest BCUT2D eigenvalue weighted by Crippen LogP contribution is 2.25. The topological polar surface area (TPSA) is 67.4 Å². The lowest BCUT2D eigenvalue weighted by atomic mass is 10.1. The van der Waals surface area contributed by atoms with Crippen molar-refractivity contribution in [2.45, 2.75) is 26.8 Å². The van der Waals surface area contributed by atoms with E-state index in [0.717, 1.165) is 10.0 Å². The lowest BCUT2D eigenvalue weighted by molar-refractivity contribution is -0.118. The molecule has 5 nitrogen and oxygen atoms in total. The van der Waals surface area contributed by atoms with Gasteiger partial charge >= 0.3 is 0 Å². The molecule has 0 aromatic heterocycles. The molecular formula is C19H21BrN2O3. The Bertz CT molecular complexity index is 775. The van der Waals surface area contributed by atoms with Gasteiger partial charge in [0.15, 0.2) is 6.61 Å². The maximum atomic E-state index is 12.2. The van der Waals surface area contributed by atoms with Gasteiger partial charge in [-0.15, -0.1) is 0 Å². The summed E-state index contributed by atoms with van der Waals surface area (Å²) in [5, 5.41) is 5.54. The molecule has 25 heavy (non-hydrogen) atoms. The van der Waals surface area contributed by atoms with E-state index in [4.69, 9.17) is 4.74 Å². The van der Waals surface area contributed by atoms with Gasteiger partial charge in [0.2, 0.25) is 0 Å². The SMILES string of the molecule is Cc1ccc(OCC(=O)Nc2ccccc2C(=O)NC(C)C)c(Br)c1. The van der Waals surface area contributed by atoms with E-state index in [1.807, 2.05) is 32.9 Å². The van der Waals surface area contributed by atoms with Gasteiger partial charge in [0.1, 0.15) is 5.75 Å². The summed E-state index contributed by atoms with van der Waals surface area (Å²) in [5.74, 6) is 0.0250. The number of rotatable bonds is 6. The van der Waals surface area contributed by atoms with Gasteiger partial charge in [0.05, 0.1) is 15.7 Å². The zero-order valence-electron chi connectivity index (χ0n) is 14.4. The summed E-state index contributed by atoms with van der Waals surface area (Å²) in [7, 11) is 0. The molecule has 2 N–H and O–H groups in total. The fourth-order valence-electron chi connectivity index (χ4n) is 2.18. The average Bonchev–Trinajstić information content (AvgIpc) is 2.54. The van der Waals surface area contributed by atoms with Crippen molar-refractivity contribution < 1.29 is 14.3 Å². The fraction of sp³-hybridized carbons (Fsp3) is 0.263. The Morgan fingerprint density at radius 1 is 1.16 bits per heavy atom. The van der Waals surface area contributed by atoms with Crippen LogP contribution in [0.4, 0.5) is 5.69 Å². The third kappa shape index (κ3) is 5.60. The van der Waals surface area contributed by atoms with Crippen molar-refractivity contribution in [3.05, 3.63) is 58.1 Å². The minimum absolute atomic E-state index is 0.0125. The van der Waals surface area contributed by atoms with Gasteiger partial charge in [-0.2, -0.15) is 0 Å². The first-order chi connectivity index (χ1) is 11.9. The Morgan fingerprint density at radius 3 is 2.56 bits per heavy atom. The Morgan fingerprint density at radius 2 is 1.88 bits per heavy atom. The molecular weight excluding hydrogens is 384 g/mol. The summed E-state index contributed by atoms with van der Waals surface area (Å²) in [5.41, 5.74) is 1.96. The smallest absolute Gasteiger partial charge is 0.262 e. The number of ether oxygens (including phenoxy) is 1. The van der Waals surface area contributed by atoms with Crippen molar-refractivity contribution in [1.82, 2.24) is 5.32 Å². The third-order valence-electron chi connectivity index (χ3n) is 3.31. The molecule has 0 aliphatic heterocycles. The van der Waals surface area contributed by atoms with Crippen molar-refractivity contribution in [1.29, 1.82) is 0 Å². The zero-order chi connectivity index (χ0) is 18.4. The molecule has 0 unspecified atom stereocenters. The van der Waals surface area contributed by atoms with Crippen molar-refractivity contribution >= 4 is 33.4 Å². The van der Waals surface area contributed by atoms with Crippen LogP contribution in [0.5, 0.6) is 5.75 Å². The standard InChI is InChI=1S/C19H21BrN2O3/c1-12(2)21-19(24)14-6-4-5-7-16(14)22-18(23)11-25-17-9-8-13(3)10-15(17)20/h4-10,12H,11H2,1-3H3,(H,21,24)(H,22,23). The summed E-state index contributed by atoms with van der Waals surface area (Å²) in [6, 6.07) is 12.5. The van der Waals surface area contributed by atoms with E-state index in [2.05, 4.69) is 26.6 Å². The van der Waals surface area contributed by atoms with Crippen LogP contribution >= 0.6 is 15.9 Å². The van der Waals surface area contributed by atoms with E-state index < -0.39 is 0 Å². The first-order valence-corrected chi connectivity index (χ1v) is 8.75. The second-order valence-corrected chi connectivity index (χ2v) is 6.80. The first kappa shape index (κ1) is 19.0. The van der Waals surface area contributed by atoms with E-state index in [1.54, 1.807) is 30.3 Å². The molecule has 0 bridgehead atoms. The maximum absolute atomic E-state index is 12.2. The number of amides is 2. The van der Waals surface area contributed by atoms with Crippen LogP contribution in [0.15, 0.2) is 46.9 Å². The summed E-state index contributed by atoms with van der Waals surface area (Å²) in [6.45, 7) is 5.58. The number of benzene rings is 2. The lowest BCUT2D eigenvalue weighted by Gasteiger charge is -2.13. The predicted molar refractivity (Wildman–Crippen MR) is 102 cm³/mol. The number of halogens is 1. The van der Waals surface area contributed by atoms with Crippen LogP contribution in [-0.4, -0.2) is 24.5 Å². The number of carbonyl (C=O) groups excluding carboxylic acids is 2. The number of hydrogen-bond acceptors (Lipinski definition) is 3. The Hall–Kier alpha value is -2.34. The number of anilines is 1. The number of carbonyl (C=O) groups is 2. The molecule has 0 atom stereocenters. The third-order valence-corrected chi connectivity index (χ3v) is 3.93. The summed E-state index contributed by atoms with van der Waals surface area (Å²) < 4.78 is 6.32. The van der Waals surface area contributed by atoms with Crippen molar-refractivity contribution in [2.75, 3.05) is 11.9 Å². The zero-order valence-corrected chi connectivity index (χ0v) is 16.0. The van der Waals surface area contributed by atoms with Crippen LogP contribution in [0.25, 0.3) is 0 Å². The molecule has 0 heterocycles. The molecule has 0 saturated carbocycles. The Kier molecular flexibility index (Phi) is 6.58. The number of hydrogen-bond donors (Lipinski definition) is 2. The fourth-order valence-corrected chi connectivity index (χ4v) is 2.79. The highest BCUT2D eigenvalue weighted by Gasteiger charge is 2.14. The van der Waals surface area contributed by atoms with Crippen LogP contribution in [0.3, 0.4) is 0 Å². The number of para-hydroxylation sites is 1. The van der Waals surface area contributed by atoms with Crippen LogP contribution < -0.4 is 15.4 Å². The molecule has 2 amide bonds. The molecule has 0 radical (unpaired) electrons. The normalized spacial score (nSPS) is 10.4. The van der Waals surface area contributed by atoms with E-state index in [1.165, 1.54) is 0 Å². The molecule has 2 aromatic carbocycles. The van der Waals surface area contributed by atoms with Crippen molar-refractivity contribution in [3.8, 4) is 5.75 Å². The van der Waals surface area contributed by atoms with Gasteiger partial charge in [-0.1, -0.05) is 18.2 Å². The van der Waals surface area contributed by atoms with Crippen molar-refractivity contribution in [3.63, 3.8) is 0 Å². The van der Waals surface area contributed by atoms with Crippen LogP contribution in [-0.2, 0) is 4.79 Å². The largest absolute Gasteiger partial charge is 0.483 e. The molecule has 6 heteroatoms. The number of aryl methyl sites for hydroxylation is 1. The van der Waals surface area contributed by atoms with E-state index in [-0.39, 0.29) is 24.5 Å². The van der Waals surface area contributed by atoms with Crippen LogP contribution in [0.1, 0.15) is 29.8 Å². The average molecular weight is 405 g/mol. The molecule has 0 fully saturated rings. The maximum Gasteiger partial charge on any atom is 0.262 e. The number of nitrogens with one attached hydrogen (secondary N) is 2. The highest BCUT2D eigenvalue weighted by atomic mass is 79.9. The molecule has 0 saturated heterocycles. The van der Waals surface area contributed by atoms with Gasteiger partial charge in [-0.05, 0) is 66.5 Å². The summed E-state index contributed by atoms with van der Waals surface area (Å²) in [4.78, 5) is 24.4. The minimum atomic E-state index is -0.336. The molecule has 132 valence electrons.